The Morgan fingerprint density at radius 3 is 2.92 bits per heavy atom. The number of hydrogen-bond acceptors (Lipinski definition) is 5. The van der Waals surface area contributed by atoms with E-state index in [1.807, 2.05) is 24.4 Å². The zero-order valence-electron chi connectivity index (χ0n) is 13.4. The Hall–Kier alpha value is -2.91. The zero-order valence-corrected chi connectivity index (χ0v) is 14.2. The molecule has 0 aliphatic heterocycles. The number of aromatic amines is 1. The molecule has 1 unspecified atom stereocenters. The Labute approximate surface area is 145 Å². The van der Waals surface area contributed by atoms with Crippen LogP contribution in [0.4, 0.5) is 0 Å². The van der Waals surface area contributed by atoms with Gasteiger partial charge < -0.3 is 4.98 Å². The highest BCUT2D eigenvalue weighted by Gasteiger charge is 2.10. The second-order valence-corrected chi connectivity index (χ2v) is 6.63. The minimum absolute atomic E-state index is 0.509. The average Bonchev–Trinajstić information content (AvgIpc) is 3.29. The van der Waals surface area contributed by atoms with Gasteiger partial charge >= 0.3 is 0 Å². The first kappa shape index (κ1) is 15.6. The second-order valence-electron chi connectivity index (χ2n) is 5.43. The van der Waals surface area contributed by atoms with Gasteiger partial charge in [-0.15, -0.1) is 0 Å². The highest BCUT2D eigenvalue weighted by atomic mass is 32.2. The van der Waals surface area contributed by atoms with Gasteiger partial charge in [0.05, 0.1) is 29.0 Å². The van der Waals surface area contributed by atoms with Gasteiger partial charge in [0, 0.05) is 42.5 Å². The molecule has 9 heteroatoms. The summed E-state index contributed by atoms with van der Waals surface area (Å²) in [6, 6.07) is 5.74. The summed E-state index contributed by atoms with van der Waals surface area (Å²) in [5.41, 5.74) is 4.45. The zero-order chi connectivity index (χ0) is 17.2. The molecule has 4 rings (SSSR count). The minimum atomic E-state index is -1.04. The number of aromatic nitrogens is 6. The van der Waals surface area contributed by atoms with Crippen LogP contribution in [0.2, 0.25) is 0 Å². The van der Waals surface area contributed by atoms with E-state index >= 15 is 0 Å². The fourth-order valence-electron chi connectivity index (χ4n) is 2.52. The molecule has 2 N–H and O–H groups in total. The maximum atomic E-state index is 11.1. The molecule has 1 atom stereocenters. The normalized spacial score (nSPS) is 12.5. The third-order valence-electron chi connectivity index (χ3n) is 3.74. The standard InChI is InChI=1S/C16H15N7OS/c1-25(24)22-7-11-2-3-14(18-6-11)23-9-12(8-21-23)13-4-5-17-16-15(13)19-10-20-16/h2-6,8-10,22H,7H2,1H3,(H,17,19,20). The molecule has 0 aromatic carbocycles. The lowest BCUT2D eigenvalue weighted by Gasteiger charge is -2.03. The van der Waals surface area contributed by atoms with Crippen LogP contribution in [0.5, 0.6) is 0 Å². The van der Waals surface area contributed by atoms with Crippen LogP contribution in [0.15, 0.2) is 49.3 Å². The van der Waals surface area contributed by atoms with Crippen molar-refractivity contribution in [3.8, 4) is 16.9 Å². The number of rotatable bonds is 5. The first-order valence-corrected chi connectivity index (χ1v) is 9.12. The molecule has 0 saturated carbocycles. The molecule has 0 spiro atoms. The first-order chi connectivity index (χ1) is 12.2. The van der Waals surface area contributed by atoms with Crippen LogP contribution >= 0.6 is 0 Å². The van der Waals surface area contributed by atoms with Gasteiger partial charge in [0.25, 0.3) is 0 Å². The summed E-state index contributed by atoms with van der Waals surface area (Å²) in [6.07, 6.45) is 10.4. The fraction of sp³-hybridized carbons (Fsp3) is 0.125. The molecule has 0 saturated heterocycles. The lowest BCUT2D eigenvalue weighted by molar-refractivity contribution is 0.676. The lowest BCUT2D eigenvalue weighted by atomic mass is 10.1. The van der Waals surface area contributed by atoms with E-state index in [9.17, 15) is 4.21 Å². The Bertz CT molecular complexity index is 1040. The van der Waals surface area contributed by atoms with Crippen LogP contribution in [-0.2, 0) is 17.5 Å². The Kier molecular flexibility index (Phi) is 4.08. The number of H-pyrrole nitrogens is 1. The molecular formula is C16H15N7OS. The van der Waals surface area contributed by atoms with Crippen molar-refractivity contribution in [2.24, 2.45) is 0 Å². The van der Waals surface area contributed by atoms with Gasteiger partial charge in [-0.2, -0.15) is 5.10 Å². The van der Waals surface area contributed by atoms with E-state index in [4.69, 9.17) is 0 Å². The highest BCUT2D eigenvalue weighted by molar-refractivity contribution is 7.82. The summed E-state index contributed by atoms with van der Waals surface area (Å²) in [5, 5.41) is 4.39. The van der Waals surface area contributed by atoms with Crippen molar-refractivity contribution in [1.82, 2.24) is 34.4 Å². The molecule has 0 bridgehead atoms. The van der Waals surface area contributed by atoms with Crippen LogP contribution in [0.25, 0.3) is 28.1 Å². The molecule has 0 radical (unpaired) electrons. The molecule has 0 aliphatic rings. The van der Waals surface area contributed by atoms with Crippen molar-refractivity contribution in [2.45, 2.75) is 6.54 Å². The molecule has 4 aromatic heterocycles. The van der Waals surface area contributed by atoms with Crippen LogP contribution in [0.3, 0.4) is 0 Å². The van der Waals surface area contributed by atoms with Crippen LogP contribution in [-0.4, -0.2) is 40.2 Å². The maximum Gasteiger partial charge on any atom is 0.178 e. The van der Waals surface area contributed by atoms with Crippen molar-refractivity contribution >= 4 is 22.1 Å². The topological polar surface area (TPSA) is 101 Å². The molecular weight excluding hydrogens is 338 g/mol. The molecule has 0 fully saturated rings. The van der Waals surface area contributed by atoms with Gasteiger partial charge in [-0.25, -0.2) is 28.6 Å². The first-order valence-electron chi connectivity index (χ1n) is 7.56. The number of nitrogens with zero attached hydrogens (tertiary/aromatic N) is 5. The predicted molar refractivity (Wildman–Crippen MR) is 95.1 cm³/mol. The van der Waals surface area contributed by atoms with E-state index in [0.29, 0.717) is 18.0 Å². The summed E-state index contributed by atoms with van der Waals surface area (Å²) in [6.45, 7) is 0.509. The van der Waals surface area contributed by atoms with Gasteiger partial charge in [0.15, 0.2) is 11.5 Å². The van der Waals surface area contributed by atoms with Crippen LogP contribution in [0, 0.1) is 0 Å². The molecule has 126 valence electrons. The summed E-state index contributed by atoms with van der Waals surface area (Å²) >= 11 is 0. The average molecular weight is 353 g/mol. The summed E-state index contributed by atoms with van der Waals surface area (Å²) < 4.78 is 15.6. The van der Waals surface area contributed by atoms with E-state index in [1.165, 1.54) is 0 Å². The third-order valence-corrected chi connectivity index (χ3v) is 4.29. The second kappa shape index (κ2) is 6.54. The van der Waals surface area contributed by atoms with Gasteiger partial charge in [0.1, 0.15) is 0 Å². The monoisotopic (exact) mass is 353 g/mol. The third kappa shape index (κ3) is 3.19. The van der Waals surface area contributed by atoms with Crippen molar-refractivity contribution in [3.05, 3.63) is 54.9 Å². The van der Waals surface area contributed by atoms with Crippen molar-refractivity contribution < 1.29 is 4.21 Å². The molecule has 0 amide bonds. The van der Waals surface area contributed by atoms with Crippen molar-refractivity contribution in [3.63, 3.8) is 0 Å². The van der Waals surface area contributed by atoms with Gasteiger partial charge in [-0.3, -0.25) is 0 Å². The summed E-state index contributed by atoms with van der Waals surface area (Å²) in [4.78, 5) is 15.9. The lowest BCUT2D eigenvalue weighted by Crippen LogP contribution is -2.15. The van der Waals surface area contributed by atoms with E-state index in [2.05, 4.69) is 29.8 Å². The van der Waals surface area contributed by atoms with E-state index < -0.39 is 11.0 Å². The molecule has 0 aliphatic carbocycles. The number of imidazole rings is 1. The number of fused-ring (bicyclic) bond motifs is 1. The van der Waals surface area contributed by atoms with Gasteiger partial charge in [-0.1, -0.05) is 6.07 Å². The summed E-state index contributed by atoms with van der Waals surface area (Å²) in [7, 11) is -1.04. The predicted octanol–water partition coefficient (Wildman–Crippen LogP) is 1.59. The maximum absolute atomic E-state index is 11.1. The highest BCUT2D eigenvalue weighted by Crippen LogP contribution is 2.25. The molecule has 4 heterocycles. The largest absolute Gasteiger partial charge is 0.343 e. The number of nitrogens with one attached hydrogen (secondary N) is 2. The van der Waals surface area contributed by atoms with Crippen LogP contribution in [0.1, 0.15) is 5.56 Å². The molecule has 8 nitrogen and oxygen atoms in total. The fourth-order valence-corrected chi connectivity index (χ4v) is 2.89. The molecule has 25 heavy (non-hydrogen) atoms. The Morgan fingerprint density at radius 1 is 1.20 bits per heavy atom. The minimum Gasteiger partial charge on any atom is -0.343 e. The van der Waals surface area contributed by atoms with Crippen molar-refractivity contribution in [1.29, 1.82) is 0 Å². The number of hydrogen-bond donors (Lipinski definition) is 2. The smallest absolute Gasteiger partial charge is 0.178 e. The van der Waals surface area contributed by atoms with Crippen molar-refractivity contribution in [2.75, 3.05) is 6.26 Å². The van der Waals surface area contributed by atoms with E-state index in [-0.39, 0.29) is 0 Å². The SMILES string of the molecule is CS(=O)NCc1ccc(-n2cc(-c3ccnc4nc[nH]c34)cn2)nc1. The Morgan fingerprint density at radius 2 is 2.12 bits per heavy atom. The molecule has 4 aromatic rings. The van der Waals surface area contributed by atoms with E-state index in [0.717, 1.165) is 22.2 Å². The van der Waals surface area contributed by atoms with Gasteiger partial charge in [-0.05, 0) is 17.7 Å². The quantitative estimate of drug-likeness (QED) is 0.567. The van der Waals surface area contributed by atoms with Gasteiger partial charge in [0.2, 0.25) is 0 Å². The summed E-state index contributed by atoms with van der Waals surface area (Å²) in [5.74, 6) is 0.711. The van der Waals surface area contributed by atoms with E-state index in [1.54, 1.807) is 35.9 Å². The number of pyridine rings is 2. The van der Waals surface area contributed by atoms with Crippen LogP contribution < -0.4 is 4.72 Å². The Balaban J connectivity index is 1.61.